The number of rotatable bonds is 11. The standard InChI is InChI=1S/C22H37N3O2/c1-2-3-8-20(27-21-12-10-19(11-13-21)14-15-23)9-7-16-24-22(26)25-17-5-4-6-18-25/h10-13,20H,2-9,14-18,23H2,1H3,(H,24,26). The van der Waals surface area contributed by atoms with Gasteiger partial charge in [-0.25, -0.2) is 4.79 Å². The molecular weight excluding hydrogens is 338 g/mol. The molecule has 0 aromatic heterocycles. The maximum Gasteiger partial charge on any atom is 0.317 e. The molecule has 1 saturated heterocycles. The molecule has 2 rings (SSSR count). The van der Waals surface area contributed by atoms with Crippen LogP contribution in [0.3, 0.4) is 0 Å². The monoisotopic (exact) mass is 375 g/mol. The first-order chi connectivity index (χ1) is 13.2. The molecule has 0 spiro atoms. The number of piperidine rings is 1. The largest absolute Gasteiger partial charge is 0.490 e. The van der Waals surface area contributed by atoms with Gasteiger partial charge in [-0.1, -0.05) is 31.9 Å². The van der Waals surface area contributed by atoms with Gasteiger partial charge in [0.2, 0.25) is 0 Å². The highest BCUT2D eigenvalue weighted by molar-refractivity contribution is 5.74. The average molecular weight is 376 g/mol. The van der Waals surface area contributed by atoms with Crippen molar-refractivity contribution in [3.05, 3.63) is 29.8 Å². The van der Waals surface area contributed by atoms with Crippen molar-refractivity contribution in [1.82, 2.24) is 10.2 Å². The summed E-state index contributed by atoms with van der Waals surface area (Å²) in [4.78, 5) is 14.1. The molecular formula is C22H37N3O2. The molecule has 0 radical (unpaired) electrons. The molecule has 3 N–H and O–H groups in total. The third kappa shape index (κ3) is 8.21. The van der Waals surface area contributed by atoms with Gasteiger partial charge in [-0.05, 0) is 69.2 Å². The molecule has 5 heteroatoms. The molecule has 5 nitrogen and oxygen atoms in total. The summed E-state index contributed by atoms with van der Waals surface area (Å²) >= 11 is 0. The van der Waals surface area contributed by atoms with Gasteiger partial charge in [0.15, 0.2) is 0 Å². The van der Waals surface area contributed by atoms with E-state index in [4.69, 9.17) is 10.5 Å². The number of nitrogens with two attached hydrogens (primary N) is 1. The van der Waals surface area contributed by atoms with Gasteiger partial charge >= 0.3 is 6.03 Å². The van der Waals surface area contributed by atoms with E-state index >= 15 is 0 Å². The topological polar surface area (TPSA) is 67.6 Å². The molecule has 1 heterocycles. The number of nitrogens with one attached hydrogen (secondary N) is 1. The van der Waals surface area contributed by atoms with Crippen molar-refractivity contribution in [1.29, 1.82) is 0 Å². The molecule has 1 aromatic carbocycles. The van der Waals surface area contributed by atoms with Gasteiger partial charge in [0.05, 0.1) is 6.10 Å². The Hall–Kier alpha value is -1.75. The Morgan fingerprint density at radius 3 is 2.52 bits per heavy atom. The predicted molar refractivity (Wildman–Crippen MR) is 111 cm³/mol. The number of hydrogen-bond donors (Lipinski definition) is 2. The molecule has 1 fully saturated rings. The number of nitrogens with zero attached hydrogens (tertiary/aromatic N) is 1. The fourth-order valence-electron chi connectivity index (χ4n) is 3.52. The predicted octanol–water partition coefficient (Wildman–Crippen LogP) is 4.10. The number of ether oxygens (including phenoxy) is 1. The molecule has 2 amide bonds. The van der Waals surface area contributed by atoms with Crippen molar-refractivity contribution in [2.75, 3.05) is 26.2 Å². The lowest BCUT2D eigenvalue weighted by molar-refractivity contribution is 0.171. The van der Waals surface area contributed by atoms with Gasteiger partial charge in [0.1, 0.15) is 5.75 Å². The van der Waals surface area contributed by atoms with Crippen LogP contribution in [-0.4, -0.2) is 43.2 Å². The van der Waals surface area contributed by atoms with E-state index in [1.807, 2.05) is 17.0 Å². The highest BCUT2D eigenvalue weighted by atomic mass is 16.5. The second-order valence-electron chi connectivity index (χ2n) is 7.49. The highest BCUT2D eigenvalue weighted by Crippen LogP contribution is 2.19. The minimum absolute atomic E-state index is 0.0937. The Morgan fingerprint density at radius 2 is 1.85 bits per heavy atom. The number of amides is 2. The summed E-state index contributed by atoms with van der Waals surface area (Å²) in [5, 5.41) is 3.07. The Morgan fingerprint density at radius 1 is 1.15 bits per heavy atom. The zero-order valence-corrected chi connectivity index (χ0v) is 16.9. The van der Waals surface area contributed by atoms with Gasteiger partial charge in [-0.2, -0.15) is 0 Å². The van der Waals surface area contributed by atoms with E-state index in [0.29, 0.717) is 6.54 Å². The smallest absolute Gasteiger partial charge is 0.317 e. The van der Waals surface area contributed by atoms with Gasteiger partial charge < -0.3 is 20.7 Å². The van der Waals surface area contributed by atoms with E-state index in [9.17, 15) is 4.79 Å². The van der Waals surface area contributed by atoms with Crippen molar-refractivity contribution in [3.8, 4) is 5.75 Å². The van der Waals surface area contributed by atoms with Crippen molar-refractivity contribution in [3.63, 3.8) is 0 Å². The molecule has 0 bridgehead atoms. The fraction of sp³-hybridized carbons (Fsp3) is 0.682. The molecule has 1 atom stereocenters. The van der Waals surface area contributed by atoms with Gasteiger partial charge in [0, 0.05) is 19.6 Å². The lowest BCUT2D eigenvalue weighted by Crippen LogP contribution is -2.43. The number of unbranched alkanes of at least 4 members (excludes halogenated alkanes) is 1. The van der Waals surface area contributed by atoms with Crippen molar-refractivity contribution in [2.24, 2.45) is 5.73 Å². The number of urea groups is 1. The van der Waals surface area contributed by atoms with Crippen LogP contribution in [-0.2, 0) is 6.42 Å². The van der Waals surface area contributed by atoms with Crippen LogP contribution in [0.4, 0.5) is 4.79 Å². The van der Waals surface area contributed by atoms with Crippen LogP contribution in [0.1, 0.15) is 63.9 Å². The van der Waals surface area contributed by atoms with E-state index in [0.717, 1.165) is 70.3 Å². The molecule has 1 aliphatic heterocycles. The third-order valence-corrected chi connectivity index (χ3v) is 5.16. The Bertz CT molecular complexity index is 527. The maximum atomic E-state index is 12.2. The molecule has 0 aliphatic carbocycles. The van der Waals surface area contributed by atoms with E-state index in [1.54, 1.807) is 0 Å². The lowest BCUT2D eigenvalue weighted by Gasteiger charge is -2.27. The quantitative estimate of drug-likeness (QED) is 0.572. The van der Waals surface area contributed by atoms with Gasteiger partial charge in [-0.3, -0.25) is 0 Å². The van der Waals surface area contributed by atoms with Crippen LogP contribution in [0.15, 0.2) is 24.3 Å². The highest BCUT2D eigenvalue weighted by Gasteiger charge is 2.16. The summed E-state index contributed by atoms with van der Waals surface area (Å²) in [7, 11) is 0. The fourth-order valence-corrected chi connectivity index (χ4v) is 3.52. The second kappa shape index (κ2) is 12.6. The Kier molecular flexibility index (Phi) is 10.1. The number of carbonyl (C=O) groups is 1. The van der Waals surface area contributed by atoms with E-state index in [1.165, 1.54) is 18.4 Å². The summed E-state index contributed by atoms with van der Waals surface area (Å²) in [5.41, 5.74) is 6.85. The molecule has 1 aliphatic rings. The van der Waals surface area contributed by atoms with E-state index in [-0.39, 0.29) is 12.1 Å². The first kappa shape index (κ1) is 21.5. The first-order valence-electron chi connectivity index (χ1n) is 10.7. The van der Waals surface area contributed by atoms with Crippen LogP contribution in [0.5, 0.6) is 5.75 Å². The summed E-state index contributed by atoms with van der Waals surface area (Å²) in [5.74, 6) is 0.925. The number of carbonyl (C=O) groups excluding carboxylic acids is 1. The van der Waals surface area contributed by atoms with Gasteiger partial charge in [0.25, 0.3) is 0 Å². The van der Waals surface area contributed by atoms with Gasteiger partial charge in [-0.15, -0.1) is 0 Å². The number of hydrogen-bond acceptors (Lipinski definition) is 3. The zero-order chi connectivity index (χ0) is 19.3. The zero-order valence-electron chi connectivity index (χ0n) is 16.9. The minimum Gasteiger partial charge on any atom is -0.490 e. The van der Waals surface area contributed by atoms with Crippen LogP contribution < -0.4 is 15.8 Å². The summed E-state index contributed by atoms with van der Waals surface area (Å²) in [6.45, 7) is 5.39. The molecule has 1 unspecified atom stereocenters. The van der Waals surface area contributed by atoms with Crippen LogP contribution in [0, 0.1) is 0 Å². The van der Waals surface area contributed by atoms with Crippen molar-refractivity contribution >= 4 is 6.03 Å². The van der Waals surface area contributed by atoms with Crippen molar-refractivity contribution in [2.45, 2.75) is 70.8 Å². The van der Waals surface area contributed by atoms with Crippen LogP contribution in [0.2, 0.25) is 0 Å². The second-order valence-corrected chi connectivity index (χ2v) is 7.49. The van der Waals surface area contributed by atoms with Crippen LogP contribution in [0.25, 0.3) is 0 Å². The Balaban J connectivity index is 1.73. The number of likely N-dealkylation sites (tertiary alicyclic amines) is 1. The average Bonchev–Trinajstić information content (AvgIpc) is 2.71. The normalized spacial score (nSPS) is 15.4. The summed E-state index contributed by atoms with van der Waals surface area (Å²) in [6.07, 6.45) is 9.90. The minimum atomic E-state index is 0.0937. The lowest BCUT2D eigenvalue weighted by atomic mass is 10.1. The van der Waals surface area contributed by atoms with E-state index in [2.05, 4.69) is 24.4 Å². The van der Waals surface area contributed by atoms with E-state index < -0.39 is 0 Å². The Labute approximate surface area is 164 Å². The summed E-state index contributed by atoms with van der Waals surface area (Å²) < 4.78 is 6.22. The molecule has 152 valence electrons. The molecule has 27 heavy (non-hydrogen) atoms. The molecule has 1 aromatic rings. The first-order valence-corrected chi connectivity index (χ1v) is 10.7. The number of benzene rings is 1. The maximum absolute atomic E-state index is 12.2. The third-order valence-electron chi connectivity index (χ3n) is 5.16. The SMILES string of the molecule is CCCCC(CCCNC(=O)N1CCCCC1)Oc1ccc(CCN)cc1. The summed E-state index contributed by atoms with van der Waals surface area (Å²) in [6, 6.07) is 8.37. The van der Waals surface area contributed by atoms with Crippen LogP contribution >= 0.6 is 0 Å². The molecule has 0 saturated carbocycles. The van der Waals surface area contributed by atoms with Crippen molar-refractivity contribution < 1.29 is 9.53 Å².